The van der Waals surface area contributed by atoms with Crippen LogP contribution in [0, 0.1) is 5.41 Å². The van der Waals surface area contributed by atoms with Crippen LogP contribution in [0.1, 0.15) is 45.6 Å². The molecule has 1 atom stereocenters. The van der Waals surface area contributed by atoms with Crippen molar-refractivity contribution in [1.29, 1.82) is 0 Å². The van der Waals surface area contributed by atoms with Gasteiger partial charge in [-0.2, -0.15) is 0 Å². The van der Waals surface area contributed by atoms with E-state index in [4.69, 9.17) is 0 Å². The Balaban J connectivity index is 3.02. The van der Waals surface area contributed by atoms with E-state index in [1.54, 1.807) is 12.1 Å². The van der Waals surface area contributed by atoms with Crippen LogP contribution in [0.5, 0.6) is 11.5 Å². The van der Waals surface area contributed by atoms with Crippen molar-refractivity contribution < 1.29 is 10.2 Å². The first kappa shape index (κ1) is 11.9. The van der Waals surface area contributed by atoms with Crippen molar-refractivity contribution in [2.45, 2.75) is 40.0 Å². The van der Waals surface area contributed by atoms with Gasteiger partial charge in [0.15, 0.2) is 11.5 Å². The highest BCUT2D eigenvalue weighted by molar-refractivity contribution is 5.41. The third kappa shape index (κ3) is 2.44. The minimum atomic E-state index is -0.0553. The lowest BCUT2D eigenvalue weighted by molar-refractivity contribution is 0.288. The van der Waals surface area contributed by atoms with Crippen LogP contribution in [0.15, 0.2) is 18.2 Å². The van der Waals surface area contributed by atoms with Gasteiger partial charge in [-0.15, -0.1) is 0 Å². The Morgan fingerprint density at radius 3 is 2.27 bits per heavy atom. The first-order chi connectivity index (χ1) is 6.88. The van der Waals surface area contributed by atoms with Gasteiger partial charge in [0.25, 0.3) is 0 Å². The average molecular weight is 208 g/mol. The predicted molar refractivity (Wildman–Crippen MR) is 62.3 cm³/mol. The van der Waals surface area contributed by atoms with E-state index in [9.17, 15) is 10.2 Å². The van der Waals surface area contributed by atoms with Crippen LogP contribution in [-0.2, 0) is 0 Å². The fourth-order valence-corrected chi connectivity index (χ4v) is 1.57. The topological polar surface area (TPSA) is 40.5 Å². The van der Waals surface area contributed by atoms with E-state index in [0.29, 0.717) is 5.92 Å². The van der Waals surface area contributed by atoms with Crippen LogP contribution in [0.25, 0.3) is 0 Å². The molecule has 0 radical (unpaired) electrons. The third-order valence-electron chi connectivity index (χ3n) is 3.58. The molecule has 2 N–H and O–H groups in total. The van der Waals surface area contributed by atoms with E-state index in [2.05, 4.69) is 27.7 Å². The molecule has 0 aliphatic heterocycles. The molecule has 1 unspecified atom stereocenters. The van der Waals surface area contributed by atoms with Crippen molar-refractivity contribution in [2.24, 2.45) is 5.41 Å². The number of phenolic OH excluding ortho intramolecular Hbond substituents is 2. The normalized spacial score (nSPS) is 13.9. The average Bonchev–Trinajstić information content (AvgIpc) is 2.21. The van der Waals surface area contributed by atoms with Crippen LogP contribution in [0.3, 0.4) is 0 Å². The summed E-state index contributed by atoms with van der Waals surface area (Å²) in [4.78, 5) is 0. The molecule has 0 fully saturated rings. The lowest BCUT2D eigenvalue weighted by atomic mass is 9.74. The van der Waals surface area contributed by atoms with E-state index in [0.717, 1.165) is 12.0 Å². The number of hydrogen-bond donors (Lipinski definition) is 2. The molecule has 1 aromatic carbocycles. The number of benzene rings is 1. The summed E-state index contributed by atoms with van der Waals surface area (Å²) in [6, 6.07) is 5.07. The Labute approximate surface area is 91.6 Å². The van der Waals surface area contributed by atoms with Gasteiger partial charge in [0, 0.05) is 0 Å². The summed E-state index contributed by atoms with van der Waals surface area (Å²) in [7, 11) is 0. The van der Waals surface area contributed by atoms with Crippen molar-refractivity contribution in [3.63, 3.8) is 0 Å². The van der Waals surface area contributed by atoms with Gasteiger partial charge in [0.1, 0.15) is 0 Å². The van der Waals surface area contributed by atoms with Crippen molar-refractivity contribution in [2.75, 3.05) is 0 Å². The van der Waals surface area contributed by atoms with Gasteiger partial charge in [-0.25, -0.2) is 0 Å². The van der Waals surface area contributed by atoms with E-state index in [-0.39, 0.29) is 16.9 Å². The lowest BCUT2D eigenvalue weighted by Crippen LogP contribution is -2.18. The van der Waals surface area contributed by atoms with Gasteiger partial charge in [0.05, 0.1) is 0 Å². The Kier molecular flexibility index (Phi) is 3.28. The minimum absolute atomic E-state index is 0.0359. The SMILES string of the molecule is CCC(C)(C)C(C)c1ccc(O)c(O)c1. The zero-order valence-corrected chi connectivity index (χ0v) is 9.91. The van der Waals surface area contributed by atoms with Crippen molar-refractivity contribution in [1.82, 2.24) is 0 Å². The zero-order valence-electron chi connectivity index (χ0n) is 9.91. The number of phenols is 2. The highest BCUT2D eigenvalue weighted by Crippen LogP contribution is 2.39. The second-order valence-electron chi connectivity index (χ2n) is 4.81. The van der Waals surface area contributed by atoms with Crippen molar-refractivity contribution >= 4 is 0 Å². The Morgan fingerprint density at radius 2 is 1.80 bits per heavy atom. The number of aromatic hydroxyl groups is 2. The largest absolute Gasteiger partial charge is 0.504 e. The lowest BCUT2D eigenvalue weighted by Gasteiger charge is -2.31. The molecule has 15 heavy (non-hydrogen) atoms. The van der Waals surface area contributed by atoms with Gasteiger partial charge in [-0.05, 0) is 29.0 Å². The maximum atomic E-state index is 9.44. The maximum Gasteiger partial charge on any atom is 0.157 e. The summed E-state index contributed by atoms with van der Waals surface area (Å²) in [5.74, 6) is 0.264. The van der Waals surface area contributed by atoms with Gasteiger partial charge < -0.3 is 10.2 Å². The zero-order chi connectivity index (χ0) is 11.6. The molecule has 2 nitrogen and oxygen atoms in total. The molecule has 0 heterocycles. The molecular weight excluding hydrogens is 188 g/mol. The van der Waals surface area contributed by atoms with Gasteiger partial charge in [-0.3, -0.25) is 0 Å². The summed E-state index contributed by atoms with van der Waals surface area (Å²) in [5.41, 5.74) is 1.26. The molecule has 0 aliphatic carbocycles. The summed E-state index contributed by atoms with van der Waals surface area (Å²) >= 11 is 0. The predicted octanol–water partition coefficient (Wildman–Crippen LogP) is 3.64. The molecule has 1 rings (SSSR count). The van der Waals surface area contributed by atoms with Crippen molar-refractivity contribution in [3.05, 3.63) is 23.8 Å². The van der Waals surface area contributed by atoms with E-state index in [1.807, 2.05) is 6.07 Å². The molecule has 0 saturated heterocycles. The second kappa shape index (κ2) is 4.13. The standard InChI is InChI=1S/C13H20O2/c1-5-13(3,4)9(2)10-6-7-11(14)12(15)8-10/h6-9,14-15H,5H2,1-4H3. The quantitative estimate of drug-likeness (QED) is 0.744. The highest BCUT2D eigenvalue weighted by atomic mass is 16.3. The third-order valence-corrected chi connectivity index (χ3v) is 3.58. The molecule has 0 saturated carbocycles. The van der Waals surface area contributed by atoms with Crippen LogP contribution in [0.2, 0.25) is 0 Å². The monoisotopic (exact) mass is 208 g/mol. The first-order valence-corrected chi connectivity index (χ1v) is 5.40. The second-order valence-corrected chi connectivity index (χ2v) is 4.81. The van der Waals surface area contributed by atoms with E-state index >= 15 is 0 Å². The molecule has 0 bridgehead atoms. The molecule has 0 amide bonds. The molecule has 1 aromatic rings. The number of rotatable bonds is 3. The highest BCUT2D eigenvalue weighted by Gasteiger charge is 2.25. The van der Waals surface area contributed by atoms with Gasteiger partial charge >= 0.3 is 0 Å². The van der Waals surface area contributed by atoms with Crippen LogP contribution in [0.4, 0.5) is 0 Å². The Bertz CT molecular complexity index is 342. The summed E-state index contributed by atoms with van der Waals surface area (Å²) in [6.07, 6.45) is 1.08. The Morgan fingerprint density at radius 1 is 1.20 bits per heavy atom. The molecule has 84 valence electrons. The minimum Gasteiger partial charge on any atom is -0.504 e. The molecular formula is C13H20O2. The smallest absolute Gasteiger partial charge is 0.157 e. The van der Waals surface area contributed by atoms with Crippen LogP contribution < -0.4 is 0 Å². The van der Waals surface area contributed by atoms with E-state index in [1.165, 1.54) is 0 Å². The van der Waals surface area contributed by atoms with Crippen LogP contribution in [-0.4, -0.2) is 10.2 Å². The molecule has 0 aliphatic rings. The van der Waals surface area contributed by atoms with Crippen molar-refractivity contribution in [3.8, 4) is 11.5 Å². The summed E-state index contributed by atoms with van der Waals surface area (Å²) < 4.78 is 0. The Hall–Kier alpha value is -1.18. The molecule has 0 spiro atoms. The fourth-order valence-electron chi connectivity index (χ4n) is 1.57. The summed E-state index contributed by atoms with van der Waals surface area (Å²) in [5, 5.41) is 18.7. The van der Waals surface area contributed by atoms with Crippen LogP contribution >= 0.6 is 0 Å². The summed E-state index contributed by atoms with van der Waals surface area (Å²) in [6.45, 7) is 8.73. The van der Waals surface area contributed by atoms with E-state index < -0.39 is 0 Å². The van der Waals surface area contributed by atoms with Gasteiger partial charge in [0.2, 0.25) is 0 Å². The molecule has 2 heteroatoms. The van der Waals surface area contributed by atoms with Gasteiger partial charge in [-0.1, -0.05) is 40.2 Å². The number of hydrogen-bond acceptors (Lipinski definition) is 2. The fraction of sp³-hybridized carbons (Fsp3) is 0.538. The maximum absolute atomic E-state index is 9.44. The molecule has 0 aromatic heterocycles. The first-order valence-electron chi connectivity index (χ1n) is 5.40.